The van der Waals surface area contributed by atoms with Crippen LogP contribution in [0.5, 0.6) is 5.88 Å². The van der Waals surface area contributed by atoms with Crippen molar-refractivity contribution >= 4 is 40.8 Å². The summed E-state index contributed by atoms with van der Waals surface area (Å²) in [6, 6.07) is 14.4. The predicted molar refractivity (Wildman–Crippen MR) is 172 cm³/mol. The van der Waals surface area contributed by atoms with E-state index in [1.54, 1.807) is 19.2 Å². The van der Waals surface area contributed by atoms with Crippen molar-refractivity contribution in [1.82, 2.24) is 19.7 Å². The lowest BCUT2D eigenvalue weighted by Crippen LogP contribution is -2.51. The molecule has 10 nitrogen and oxygen atoms in total. The van der Waals surface area contributed by atoms with E-state index in [1.165, 1.54) is 19.3 Å². The molecule has 1 atom stereocenters. The number of hydrogen-bond acceptors (Lipinski definition) is 8. The maximum absolute atomic E-state index is 12.9. The fourth-order valence-corrected chi connectivity index (χ4v) is 6.66. The number of carbonyl (C=O) groups is 2. The van der Waals surface area contributed by atoms with E-state index in [4.69, 9.17) is 37.7 Å². The molecule has 1 fully saturated rings. The Morgan fingerprint density at radius 1 is 1.04 bits per heavy atom. The molecule has 0 saturated carbocycles. The molecule has 2 aliphatic rings. The average Bonchev–Trinajstić information content (AvgIpc) is 3.42. The van der Waals surface area contributed by atoms with E-state index in [2.05, 4.69) is 21.4 Å². The van der Waals surface area contributed by atoms with Gasteiger partial charge in [0.05, 0.1) is 41.1 Å². The number of methoxy groups -OCH3 is 1. The molecule has 1 aliphatic heterocycles. The van der Waals surface area contributed by atoms with Crippen LogP contribution in [0.15, 0.2) is 59.5 Å². The van der Waals surface area contributed by atoms with Crippen LogP contribution >= 0.6 is 23.2 Å². The van der Waals surface area contributed by atoms with Gasteiger partial charge in [0.15, 0.2) is 0 Å². The quantitative estimate of drug-likeness (QED) is 0.247. The number of nitrogens with zero attached hydrogens (tertiary/aromatic N) is 4. The Kier molecular flexibility index (Phi) is 8.63. The number of carbonyl (C=O) groups excluding carboxylic acids is 2. The highest BCUT2D eigenvalue weighted by Crippen LogP contribution is 2.46. The summed E-state index contributed by atoms with van der Waals surface area (Å²) >= 11 is 13.9. The smallest absolute Gasteiger partial charge is 0.311 e. The van der Waals surface area contributed by atoms with E-state index in [9.17, 15) is 14.4 Å². The molecule has 3 heterocycles. The molecule has 2 aromatic heterocycles. The number of nitrogens with one attached hydrogen (secondary N) is 1. The topological polar surface area (TPSA) is 116 Å². The number of fused-ring (bicyclic) bond motifs is 1. The highest BCUT2D eigenvalue weighted by Gasteiger charge is 2.42. The minimum Gasteiger partial charge on any atom is -0.481 e. The number of aryl methyl sites for hydroxylation is 2. The Morgan fingerprint density at radius 2 is 1.76 bits per heavy atom. The molecule has 1 saturated heterocycles. The number of hydrogen-bond donors (Lipinski definition) is 1. The minimum atomic E-state index is -0.598. The van der Waals surface area contributed by atoms with Crippen molar-refractivity contribution in [2.24, 2.45) is 13.0 Å². The van der Waals surface area contributed by atoms with Crippen LogP contribution in [0.4, 0.5) is 5.69 Å². The fraction of sp³-hybridized carbons (Fsp3) is 0.303. The summed E-state index contributed by atoms with van der Waals surface area (Å²) in [5, 5.41) is 7.31. The van der Waals surface area contributed by atoms with Gasteiger partial charge in [-0.2, -0.15) is 5.10 Å². The van der Waals surface area contributed by atoms with E-state index in [-0.39, 0.29) is 28.5 Å². The number of likely N-dealkylation sites (tertiary alicyclic amines) is 1. The number of anilines is 1. The third-order valence-corrected chi connectivity index (χ3v) is 9.17. The van der Waals surface area contributed by atoms with Gasteiger partial charge in [-0.25, -0.2) is 9.67 Å². The SMILES string of the molecule is CCOC(=O)C1CN(C2CCc3cc(-c4cccc(-c5cccc(NC(=O)c6ccnn(C)c6=O)c5Cl)c4Cl)nc(OC)c32)C1. The van der Waals surface area contributed by atoms with Crippen LogP contribution in [-0.2, 0) is 23.0 Å². The molecule has 4 aromatic rings. The zero-order valence-electron chi connectivity index (χ0n) is 25.0. The van der Waals surface area contributed by atoms with Crippen LogP contribution in [-0.4, -0.2) is 58.3 Å². The molecule has 1 N–H and O–H groups in total. The Labute approximate surface area is 269 Å². The summed E-state index contributed by atoms with van der Waals surface area (Å²) in [4.78, 5) is 44.6. The first kappa shape index (κ1) is 30.8. The van der Waals surface area contributed by atoms with Crippen LogP contribution in [0.2, 0.25) is 10.0 Å². The number of rotatable bonds is 8. The van der Waals surface area contributed by atoms with Crippen molar-refractivity contribution in [3.63, 3.8) is 0 Å². The van der Waals surface area contributed by atoms with E-state index in [0.29, 0.717) is 58.7 Å². The maximum atomic E-state index is 12.9. The van der Waals surface area contributed by atoms with Crippen molar-refractivity contribution in [3.05, 3.63) is 91.8 Å². The Balaban J connectivity index is 1.29. The Morgan fingerprint density at radius 3 is 2.49 bits per heavy atom. The Hall–Kier alpha value is -4.25. The molecule has 1 aliphatic carbocycles. The second-order valence-electron chi connectivity index (χ2n) is 11.0. The molecule has 0 spiro atoms. The molecule has 0 bridgehead atoms. The zero-order valence-corrected chi connectivity index (χ0v) is 26.5. The summed E-state index contributed by atoms with van der Waals surface area (Å²) in [6.45, 7) is 3.51. The largest absolute Gasteiger partial charge is 0.481 e. The molecule has 12 heteroatoms. The monoisotopic (exact) mass is 647 g/mol. The number of esters is 1. The van der Waals surface area contributed by atoms with Gasteiger partial charge < -0.3 is 14.8 Å². The van der Waals surface area contributed by atoms with Crippen molar-refractivity contribution in [2.75, 3.05) is 32.1 Å². The lowest BCUT2D eigenvalue weighted by Gasteiger charge is -2.42. The standard InChI is InChI=1S/C33H31Cl2N5O5/c1-4-45-33(43)19-16-40(17-19)26-12-11-18-15-25(38-31(44-3)27(18)26)22-9-5-7-20(28(22)34)21-8-6-10-24(29(21)35)37-30(41)23-13-14-36-39(2)32(23)42/h5-10,13-15,19,26H,4,11-12,16-17H2,1-3H3,(H,37,41). The van der Waals surface area contributed by atoms with Gasteiger partial charge in [-0.1, -0.05) is 53.5 Å². The normalized spacial score (nSPS) is 16.2. The number of pyridine rings is 1. The van der Waals surface area contributed by atoms with Gasteiger partial charge >= 0.3 is 5.97 Å². The third-order valence-electron chi connectivity index (χ3n) is 8.36. The van der Waals surface area contributed by atoms with E-state index >= 15 is 0 Å². The van der Waals surface area contributed by atoms with Gasteiger partial charge in [0.2, 0.25) is 5.88 Å². The van der Waals surface area contributed by atoms with Crippen LogP contribution in [0.3, 0.4) is 0 Å². The van der Waals surface area contributed by atoms with Gasteiger partial charge in [0.1, 0.15) is 5.56 Å². The molecule has 45 heavy (non-hydrogen) atoms. The van der Waals surface area contributed by atoms with Crippen LogP contribution < -0.4 is 15.6 Å². The minimum absolute atomic E-state index is 0.0548. The summed E-state index contributed by atoms with van der Waals surface area (Å²) in [5.74, 6) is -0.305. The Bertz CT molecular complexity index is 1870. The maximum Gasteiger partial charge on any atom is 0.311 e. The van der Waals surface area contributed by atoms with Crippen LogP contribution in [0, 0.1) is 5.92 Å². The molecule has 2 aromatic carbocycles. The first-order chi connectivity index (χ1) is 21.7. The molecule has 1 amide bonds. The summed E-state index contributed by atoms with van der Waals surface area (Å²) in [5.41, 5.74) is 4.56. The zero-order chi connectivity index (χ0) is 31.8. The van der Waals surface area contributed by atoms with Crippen molar-refractivity contribution in [3.8, 4) is 28.3 Å². The summed E-state index contributed by atoms with van der Waals surface area (Å²) in [6.07, 6.45) is 3.13. The highest BCUT2D eigenvalue weighted by atomic mass is 35.5. The van der Waals surface area contributed by atoms with Gasteiger partial charge in [-0.05, 0) is 43.5 Å². The predicted octanol–water partition coefficient (Wildman–Crippen LogP) is 5.56. The van der Waals surface area contributed by atoms with Crippen LogP contribution in [0.25, 0.3) is 22.4 Å². The van der Waals surface area contributed by atoms with Gasteiger partial charge in [0, 0.05) is 54.6 Å². The second kappa shape index (κ2) is 12.6. The number of halogens is 2. The first-order valence-corrected chi connectivity index (χ1v) is 15.4. The number of amides is 1. The highest BCUT2D eigenvalue weighted by molar-refractivity contribution is 6.39. The molecular weight excluding hydrogens is 617 g/mol. The van der Waals surface area contributed by atoms with Crippen LogP contribution in [0.1, 0.15) is 40.9 Å². The first-order valence-electron chi connectivity index (χ1n) is 14.6. The fourth-order valence-electron chi connectivity index (χ4n) is 6.06. The van der Waals surface area contributed by atoms with E-state index in [1.807, 2.05) is 31.2 Å². The number of ether oxygens (including phenoxy) is 2. The average molecular weight is 649 g/mol. The summed E-state index contributed by atoms with van der Waals surface area (Å²) < 4.78 is 12.1. The summed E-state index contributed by atoms with van der Waals surface area (Å²) in [7, 11) is 3.08. The number of aromatic nitrogens is 3. The van der Waals surface area contributed by atoms with E-state index < -0.39 is 11.5 Å². The van der Waals surface area contributed by atoms with E-state index in [0.717, 1.165) is 28.7 Å². The van der Waals surface area contributed by atoms with Crippen molar-refractivity contribution in [2.45, 2.75) is 25.8 Å². The third kappa shape index (κ3) is 5.69. The lowest BCUT2D eigenvalue weighted by molar-refractivity contribution is -0.155. The van der Waals surface area contributed by atoms with Crippen molar-refractivity contribution < 1.29 is 19.1 Å². The molecule has 0 radical (unpaired) electrons. The molecular formula is C33H31Cl2N5O5. The molecule has 6 rings (SSSR count). The lowest BCUT2D eigenvalue weighted by atomic mass is 9.95. The molecule has 1 unspecified atom stereocenters. The molecule has 232 valence electrons. The van der Waals surface area contributed by atoms with Crippen molar-refractivity contribution in [1.29, 1.82) is 0 Å². The van der Waals surface area contributed by atoms with Gasteiger partial charge in [-0.15, -0.1) is 0 Å². The van der Waals surface area contributed by atoms with Gasteiger partial charge in [-0.3, -0.25) is 19.3 Å². The number of benzene rings is 2. The second-order valence-corrected chi connectivity index (χ2v) is 11.8. The van der Waals surface area contributed by atoms with Gasteiger partial charge in [0.25, 0.3) is 11.5 Å².